The van der Waals surface area contributed by atoms with Crippen LogP contribution >= 0.6 is 0 Å². The average molecular weight is 413 g/mol. The fourth-order valence-corrected chi connectivity index (χ4v) is 3.52. The molecule has 10 heteroatoms. The molecule has 154 valence electrons. The first kappa shape index (κ1) is 18.7. The maximum absolute atomic E-state index is 9.30. The summed E-state index contributed by atoms with van der Waals surface area (Å²) in [5.41, 5.74) is 2.50. The summed E-state index contributed by atoms with van der Waals surface area (Å²) in [5.74, 6) is 2.80. The molecule has 1 aliphatic heterocycles. The standard InChI is InChI=1S/C21H19N9O/c1-2-13-10-20(26-19-5-8-24-28-19)27-21(25-13)30-9-6-17(30)18-11-15(29-31-18)14-4-3-7-23-16(14)12-22/h3-5,7-8,10-11,17H,2,6,9H2,1H3,(H2,24,25,26,27,28). The molecule has 4 aromatic heterocycles. The second-order valence-electron chi connectivity index (χ2n) is 7.12. The minimum Gasteiger partial charge on any atom is -0.359 e. The predicted molar refractivity (Wildman–Crippen MR) is 112 cm³/mol. The van der Waals surface area contributed by atoms with Gasteiger partial charge in [0.1, 0.15) is 29.1 Å². The first-order valence-corrected chi connectivity index (χ1v) is 9.98. The van der Waals surface area contributed by atoms with E-state index in [2.05, 4.69) is 48.5 Å². The van der Waals surface area contributed by atoms with E-state index < -0.39 is 0 Å². The number of rotatable bonds is 6. The molecule has 4 aromatic rings. The Hall–Kier alpha value is -4.26. The van der Waals surface area contributed by atoms with Gasteiger partial charge >= 0.3 is 0 Å². The van der Waals surface area contributed by atoms with Crippen LogP contribution in [-0.4, -0.2) is 36.9 Å². The summed E-state index contributed by atoms with van der Waals surface area (Å²) in [4.78, 5) is 15.6. The number of nitrogens with zero attached hydrogens (tertiary/aromatic N) is 7. The van der Waals surface area contributed by atoms with Crippen molar-refractivity contribution in [1.29, 1.82) is 5.26 Å². The molecule has 5 rings (SSSR count). The molecular formula is C21H19N9O. The van der Waals surface area contributed by atoms with Gasteiger partial charge in [-0.15, -0.1) is 0 Å². The van der Waals surface area contributed by atoms with Crippen molar-refractivity contribution in [3.63, 3.8) is 0 Å². The highest BCUT2D eigenvalue weighted by Gasteiger charge is 2.35. The molecule has 31 heavy (non-hydrogen) atoms. The molecule has 2 N–H and O–H groups in total. The zero-order valence-corrected chi connectivity index (χ0v) is 16.8. The molecule has 0 saturated carbocycles. The number of H-pyrrole nitrogens is 1. The molecule has 0 aliphatic carbocycles. The summed E-state index contributed by atoms with van der Waals surface area (Å²) in [6.07, 6.45) is 4.95. The van der Waals surface area contributed by atoms with Crippen LogP contribution in [-0.2, 0) is 6.42 Å². The van der Waals surface area contributed by atoms with Crippen molar-refractivity contribution in [3.05, 3.63) is 59.9 Å². The Kier molecular flexibility index (Phi) is 4.76. The number of hydrogen-bond donors (Lipinski definition) is 2. The molecule has 0 spiro atoms. The van der Waals surface area contributed by atoms with Crippen LogP contribution in [0.4, 0.5) is 17.6 Å². The van der Waals surface area contributed by atoms with E-state index in [1.54, 1.807) is 18.5 Å². The van der Waals surface area contributed by atoms with Crippen molar-refractivity contribution >= 4 is 17.6 Å². The number of aryl methyl sites for hydroxylation is 1. The summed E-state index contributed by atoms with van der Waals surface area (Å²) in [7, 11) is 0. The van der Waals surface area contributed by atoms with Crippen molar-refractivity contribution in [2.45, 2.75) is 25.8 Å². The monoisotopic (exact) mass is 413 g/mol. The Labute approximate surface area is 178 Å². The van der Waals surface area contributed by atoms with E-state index in [9.17, 15) is 5.26 Å². The molecule has 0 aromatic carbocycles. The molecule has 0 bridgehead atoms. The van der Waals surface area contributed by atoms with Crippen molar-refractivity contribution in [2.24, 2.45) is 0 Å². The lowest BCUT2D eigenvalue weighted by Gasteiger charge is -2.39. The zero-order chi connectivity index (χ0) is 21.2. The van der Waals surface area contributed by atoms with Crippen molar-refractivity contribution in [1.82, 2.24) is 30.3 Å². The molecule has 0 radical (unpaired) electrons. The van der Waals surface area contributed by atoms with Crippen LogP contribution < -0.4 is 10.2 Å². The lowest BCUT2D eigenvalue weighted by atomic mass is 10.00. The highest BCUT2D eigenvalue weighted by Crippen LogP contribution is 2.38. The number of pyridine rings is 1. The van der Waals surface area contributed by atoms with Gasteiger partial charge in [-0.25, -0.2) is 9.97 Å². The van der Waals surface area contributed by atoms with Crippen molar-refractivity contribution < 1.29 is 4.52 Å². The van der Waals surface area contributed by atoms with Gasteiger partial charge in [-0.3, -0.25) is 5.10 Å². The Morgan fingerprint density at radius 3 is 2.97 bits per heavy atom. The van der Waals surface area contributed by atoms with Crippen LogP contribution in [0.5, 0.6) is 0 Å². The lowest BCUT2D eigenvalue weighted by Crippen LogP contribution is -2.42. The molecule has 1 fully saturated rings. The third kappa shape index (κ3) is 3.57. The number of aromatic amines is 1. The van der Waals surface area contributed by atoms with Gasteiger partial charge in [0, 0.05) is 42.2 Å². The number of aromatic nitrogens is 6. The largest absolute Gasteiger partial charge is 0.359 e. The van der Waals surface area contributed by atoms with E-state index in [-0.39, 0.29) is 6.04 Å². The van der Waals surface area contributed by atoms with Crippen LogP contribution in [0.25, 0.3) is 11.3 Å². The van der Waals surface area contributed by atoms with E-state index in [0.717, 1.165) is 30.9 Å². The Bertz CT molecular complexity index is 1240. The fourth-order valence-electron chi connectivity index (χ4n) is 3.52. The van der Waals surface area contributed by atoms with Gasteiger partial charge in [0.25, 0.3) is 0 Å². The summed E-state index contributed by atoms with van der Waals surface area (Å²) >= 11 is 0. The third-order valence-corrected chi connectivity index (χ3v) is 5.22. The van der Waals surface area contributed by atoms with Gasteiger partial charge in [0.2, 0.25) is 5.95 Å². The van der Waals surface area contributed by atoms with Crippen LogP contribution in [0, 0.1) is 11.3 Å². The van der Waals surface area contributed by atoms with Crippen molar-refractivity contribution in [2.75, 3.05) is 16.8 Å². The maximum Gasteiger partial charge on any atom is 0.228 e. The smallest absolute Gasteiger partial charge is 0.228 e. The maximum atomic E-state index is 9.30. The van der Waals surface area contributed by atoms with Gasteiger partial charge in [0.15, 0.2) is 5.76 Å². The van der Waals surface area contributed by atoms with Gasteiger partial charge < -0.3 is 14.7 Å². The van der Waals surface area contributed by atoms with E-state index in [4.69, 9.17) is 9.51 Å². The number of hydrogen-bond acceptors (Lipinski definition) is 9. The molecule has 1 saturated heterocycles. The highest BCUT2D eigenvalue weighted by atomic mass is 16.5. The minimum absolute atomic E-state index is 0.0180. The van der Waals surface area contributed by atoms with E-state index in [1.807, 2.05) is 24.3 Å². The first-order valence-electron chi connectivity index (χ1n) is 9.98. The lowest BCUT2D eigenvalue weighted by molar-refractivity contribution is 0.315. The average Bonchev–Trinajstić information content (AvgIpc) is 3.45. The molecule has 1 aliphatic rings. The summed E-state index contributed by atoms with van der Waals surface area (Å²) < 4.78 is 5.63. The summed E-state index contributed by atoms with van der Waals surface area (Å²) in [6, 6.07) is 11.3. The van der Waals surface area contributed by atoms with Crippen molar-refractivity contribution in [3.8, 4) is 17.3 Å². The first-order chi connectivity index (χ1) is 15.2. The van der Waals surface area contributed by atoms with Gasteiger partial charge in [-0.05, 0) is 25.0 Å². The fraction of sp³-hybridized carbons (Fsp3) is 0.238. The van der Waals surface area contributed by atoms with Crippen LogP contribution in [0.2, 0.25) is 0 Å². The van der Waals surface area contributed by atoms with Crippen LogP contribution in [0.1, 0.15) is 36.5 Å². The Morgan fingerprint density at radius 2 is 2.23 bits per heavy atom. The predicted octanol–water partition coefficient (Wildman–Crippen LogP) is 3.38. The second kappa shape index (κ2) is 7.87. The van der Waals surface area contributed by atoms with E-state index >= 15 is 0 Å². The summed E-state index contributed by atoms with van der Waals surface area (Å²) in [6.45, 7) is 2.87. The number of anilines is 3. The topological polar surface area (TPSA) is 132 Å². The molecule has 1 atom stereocenters. The SMILES string of the molecule is CCc1cc(Nc2ccn[nH]2)nc(N2CCC2c2cc(-c3cccnc3C#N)no2)n1. The van der Waals surface area contributed by atoms with Gasteiger partial charge in [-0.1, -0.05) is 12.1 Å². The van der Waals surface area contributed by atoms with Gasteiger partial charge in [0.05, 0.1) is 12.2 Å². The normalized spacial score (nSPS) is 15.4. The Balaban J connectivity index is 1.42. The molecule has 5 heterocycles. The minimum atomic E-state index is -0.0180. The van der Waals surface area contributed by atoms with Crippen LogP contribution in [0.15, 0.2) is 47.2 Å². The molecular weight excluding hydrogens is 394 g/mol. The second-order valence-corrected chi connectivity index (χ2v) is 7.12. The van der Waals surface area contributed by atoms with E-state index in [1.165, 1.54) is 0 Å². The quantitative estimate of drug-likeness (QED) is 0.488. The Morgan fingerprint density at radius 1 is 1.29 bits per heavy atom. The number of nitrogens with one attached hydrogen (secondary N) is 2. The summed E-state index contributed by atoms with van der Waals surface area (Å²) in [5, 5.41) is 23.5. The zero-order valence-electron chi connectivity index (χ0n) is 16.8. The number of nitriles is 1. The van der Waals surface area contributed by atoms with Crippen LogP contribution in [0.3, 0.4) is 0 Å². The van der Waals surface area contributed by atoms with E-state index in [0.29, 0.717) is 34.5 Å². The third-order valence-electron chi connectivity index (χ3n) is 5.22. The highest BCUT2D eigenvalue weighted by molar-refractivity contribution is 5.65. The molecule has 0 amide bonds. The molecule has 10 nitrogen and oxygen atoms in total. The molecule has 1 unspecified atom stereocenters. The van der Waals surface area contributed by atoms with Gasteiger partial charge in [-0.2, -0.15) is 15.3 Å².